The van der Waals surface area contributed by atoms with E-state index in [1.165, 1.54) is 0 Å². The average molecular weight is 360 g/mol. The number of ether oxygens (including phenoxy) is 1. The lowest BCUT2D eigenvalue weighted by molar-refractivity contribution is 0.270. The van der Waals surface area contributed by atoms with Gasteiger partial charge in [0.1, 0.15) is 12.4 Å². The fourth-order valence-electron chi connectivity index (χ4n) is 3.10. The van der Waals surface area contributed by atoms with Crippen LogP contribution in [0.2, 0.25) is 0 Å². The predicted octanol–water partition coefficient (Wildman–Crippen LogP) is 4.98. The zero-order chi connectivity index (χ0) is 17.7. The fraction of sp³-hybridized carbons (Fsp3) is 0.400. The van der Waals surface area contributed by atoms with E-state index in [-0.39, 0.29) is 18.7 Å². The first-order chi connectivity index (χ1) is 12.1. The molecule has 0 aromatic heterocycles. The van der Waals surface area contributed by atoms with E-state index in [1.807, 2.05) is 54.6 Å². The molecule has 1 unspecified atom stereocenters. The van der Waals surface area contributed by atoms with Crippen LogP contribution in [0.5, 0.6) is 5.75 Å². The van der Waals surface area contributed by atoms with Crippen LogP contribution in [0.25, 0.3) is 0 Å². The molecular formula is C20H25O4P. The zero-order valence-electron chi connectivity index (χ0n) is 14.5. The largest absolute Gasteiger partial charge is 0.489 e. The third-order valence-corrected chi connectivity index (χ3v) is 6.00. The molecule has 134 valence electrons. The van der Waals surface area contributed by atoms with Gasteiger partial charge in [-0.25, -0.2) is 0 Å². The van der Waals surface area contributed by atoms with Gasteiger partial charge in [-0.05, 0) is 54.9 Å². The second-order valence-corrected chi connectivity index (χ2v) is 8.43. The van der Waals surface area contributed by atoms with E-state index in [2.05, 4.69) is 0 Å². The van der Waals surface area contributed by atoms with E-state index in [4.69, 9.17) is 9.26 Å². The first-order valence-electron chi connectivity index (χ1n) is 8.80. The van der Waals surface area contributed by atoms with Crippen LogP contribution in [0, 0.1) is 5.92 Å². The summed E-state index contributed by atoms with van der Waals surface area (Å²) in [5.41, 5.74) is 2.17. The van der Waals surface area contributed by atoms with E-state index >= 15 is 0 Å². The van der Waals surface area contributed by atoms with Crippen LogP contribution >= 0.6 is 7.60 Å². The summed E-state index contributed by atoms with van der Waals surface area (Å²) >= 11 is 0. The highest BCUT2D eigenvalue weighted by Gasteiger charge is 2.37. The van der Waals surface area contributed by atoms with Gasteiger partial charge in [-0.3, -0.25) is 4.57 Å². The van der Waals surface area contributed by atoms with Crippen molar-refractivity contribution in [1.82, 2.24) is 0 Å². The molecule has 3 rings (SSSR count). The molecule has 25 heavy (non-hydrogen) atoms. The molecule has 0 aliphatic heterocycles. The van der Waals surface area contributed by atoms with Crippen molar-refractivity contribution in [2.45, 2.75) is 32.3 Å². The second-order valence-electron chi connectivity index (χ2n) is 6.53. The number of benzene rings is 2. The molecule has 0 bridgehead atoms. The number of hydrogen-bond donors (Lipinski definition) is 1. The molecule has 4 nitrogen and oxygen atoms in total. The van der Waals surface area contributed by atoms with E-state index in [0.29, 0.717) is 12.5 Å². The van der Waals surface area contributed by atoms with Gasteiger partial charge < -0.3 is 14.2 Å². The van der Waals surface area contributed by atoms with Crippen molar-refractivity contribution in [3.8, 4) is 5.75 Å². The third-order valence-electron chi connectivity index (χ3n) is 4.48. The summed E-state index contributed by atoms with van der Waals surface area (Å²) in [6.07, 6.45) is 2.38. The Kier molecular flexibility index (Phi) is 5.95. The monoisotopic (exact) mass is 360 g/mol. The summed E-state index contributed by atoms with van der Waals surface area (Å²) < 4.78 is 23.2. The van der Waals surface area contributed by atoms with Crippen molar-refractivity contribution in [1.29, 1.82) is 0 Å². The molecule has 2 aromatic carbocycles. The van der Waals surface area contributed by atoms with Gasteiger partial charge in [0, 0.05) is 0 Å². The Morgan fingerprint density at radius 3 is 2.60 bits per heavy atom. The van der Waals surface area contributed by atoms with Crippen LogP contribution in [-0.2, 0) is 15.7 Å². The van der Waals surface area contributed by atoms with E-state index in [9.17, 15) is 9.46 Å². The fourth-order valence-corrected chi connectivity index (χ4v) is 4.62. The smallest absolute Gasteiger partial charge is 0.328 e. The molecule has 1 saturated carbocycles. The minimum Gasteiger partial charge on any atom is -0.489 e. The number of rotatable bonds is 9. The Bertz CT molecular complexity index is 727. The minimum atomic E-state index is -3.55. The van der Waals surface area contributed by atoms with Crippen LogP contribution in [0.1, 0.15) is 36.8 Å². The molecule has 2 aromatic rings. The first kappa shape index (κ1) is 18.2. The Hall–Kier alpha value is -1.61. The molecule has 5 heteroatoms. The lowest BCUT2D eigenvalue weighted by Crippen LogP contribution is -2.09. The second kappa shape index (κ2) is 8.18. The topological polar surface area (TPSA) is 55.8 Å². The van der Waals surface area contributed by atoms with Gasteiger partial charge in [0.2, 0.25) is 0 Å². The SMILES string of the molecule is CCOP(=O)(O)C[C@H](c1cccc(OCc2ccccc2)c1)C1CC1. The third kappa shape index (κ3) is 5.43. The summed E-state index contributed by atoms with van der Waals surface area (Å²) in [4.78, 5) is 10.0. The molecule has 1 aliphatic rings. The van der Waals surface area contributed by atoms with Gasteiger partial charge in [-0.1, -0.05) is 42.5 Å². The van der Waals surface area contributed by atoms with Crippen molar-refractivity contribution in [2.75, 3.05) is 12.8 Å². The van der Waals surface area contributed by atoms with Gasteiger partial charge >= 0.3 is 7.60 Å². The summed E-state index contributed by atoms with van der Waals surface area (Å²) in [7, 11) is -3.55. The van der Waals surface area contributed by atoms with Crippen molar-refractivity contribution in [3.63, 3.8) is 0 Å². The predicted molar refractivity (Wildman–Crippen MR) is 99.0 cm³/mol. The normalized spacial score (nSPS) is 17.7. The van der Waals surface area contributed by atoms with E-state index < -0.39 is 7.60 Å². The highest BCUT2D eigenvalue weighted by Crippen LogP contribution is 2.53. The summed E-state index contributed by atoms with van der Waals surface area (Å²) in [6, 6.07) is 17.9. The molecule has 0 saturated heterocycles. The van der Waals surface area contributed by atoms with Gasteiger partial charge in [0.15, 0.2) is 0 Å². The Morgan fingerprint density at radius 1 is 1.16 bits per heavy atom. The number of hydrogen-bond acceptors (Lipinski definition) is 3. The molecule has 1 aliphatic carbocycles. The van der Waals surface area contributed by atoms with Crippen molar-refractivity contribution >= 4 is 7.60 Å². The molecule has 1 fully saturated rings. The van der Waals surface area contributed by atoms with Crippen LogP contribution in [0.15, 0.2) is 54.6 Å². The first-order valence-corrected chi connectivity index (χ1v) is 10.6. The maximum Gasteiger partial charge on any atom is 0.328 e. The summed E-state index contributed by atoms with van der Waals surface area (Å²) in [5.74, 6) is 1.30. The van der Waals surface area contributed by atoms with Crippen molar-refractivity contribution in [2.24, 2.45) is 5.92 Å². The van der Waals surface area contributed by atoms with E-state index in [1.54, 1.807) is 6.92 Å². The summed E-state index contributed by atoms with van der Waals surface area (Å²) in [5, 5.41) is 0. The van der Waals surface area contributed by atoms with Crippen molar-refractivity contribution < 1.29 is 18.7 Å². The molecule has 2 atom stereocenters. The molecule has 1 N–H and O–H groups in total. The molecule has 0 heterocycles. The maximum absolute atomic E-state index is 12.2. The lowest BCUT2D eigenvalue weighted by Gasteiger charge is -2.21. The van der Waals surface area contributed by atoms with Gasteiger partial charge in [0.25, 0.3) is 0 Å². The highest BCUT2D eigenvalue weighted by atomic mass is 31.2. The lowest BCUT2D eigenvalue weighted by atomic mass is 9.96. The minimum absolute atomic E-state index is 0.0441. The Balaban J connectivity index is 1.71. The van der Waals surface area contributed by atoms with Gasteiger partial charge in [-0.2, -0.15) is 0 Å². The zero-order valence-corrected chi connectivity index (χ0v) is 15.4. The molecular weight excluding hydrogens is 335 g/mol. The highest BCUT2D eigenvalue weighted by molar-refractivity contribution is 7.52. The Morgan fingerprint density at radius 2 is 1.92 bits per heavy atom. The standard InChI is InChI=1S/C20H25O4P/c1-2-24-25(21,22)15-20(17-11-12-17)18-9-6-10-19(13-18)23-14-16-7-4-3-5-8-16/h3-10,13,17,20H,2,11-12,14-15H2,1H3,(H,21,22)/t20-/m0/s1. The average Bonchev–Trinajstić information content (AvgIpc) is 3.44. The van der Waals surface area contributed by atoms with E-state index in [0.717, 1.165) is 29.7 Å². The van der Waals surface area contributed by atoms with Crippen LogP contribution in [-0.4, -0.2) is 17.7 Å². The van der Waals surface area contributed by atoms with Crippen LogP contribution in [0.4, 0.5) is 0 Å². The Labute approximate surface area is 149 Å². The van der Waals surface area contributed by atoms with Crippen LogP contribution < -0.4 is 4.74 Å². The maximum atomic E-state index is 12.2. The van der Waals surface area contributed by atoms with Crippen LogP contribution in [0.3, 0.4) is 0 Å². The van der Waals surface area contributed by atoms with Crippen molar-refractivity contribution in [3.05, 3.63) is 65.7 Å². The quantitative estimate of drug-likeness (QED) is 0.641. The van der Waals surface area contributed by atoms with Gasteiger partial charge in [0.05, 0.1) is 12.8 Å². The molecule has 0 radical (unpaired) electrons. The molecule has 0 amide bonds. The summed E-state index contributed by atoms with van der Waals surface area (Å²) in [6.45, 7) is 2.51. The molecule has 0 spiro atoms. The van der Waals surface area contributed by atoms with Gasteiger partial charge in [-0.15, -0.1) is 0 Å².